The minimum Gasteiger partial charge on any atom is -0.495 e. The van der Waals surface area contributed by atoms with Crippen molar-refractivity contribution in [3.8, 4) is 5.75 Å². The van der Waals surface area contributed by atoms with E-state index in [1.807, 2.05) is 12.1 Å². The van der Waals surface area contributed by atoms with Gasteiger partial charge in [-0.1, -0.05) is 5.10 Å². The van der Waals surface area contributed by atoms with E-state index in [-0.39, 0.29) is 0 Å². The molecule has 3 N–H and O–H groups in total. The summed E-state index contributed by atoms with van der Waals surface area (Å²) in [5, 5.41) is 10.8. The number of aromatic nitrogens is 2. The molecule has 0 spiro atoms. The van der Waals surface area contributed by atoms with Crippen molar-refractivity contribution >= 4 is 43.6 Å². The molecule has 6 nitrogen and oxygen atoms in total. The number of hydrogen-bond acceptors (Lipinski definition) is 6. The Labute approximate surface area is 127 Å². The number of halogens is 2. The SMILES string of the molecule is COc1cc(Nc2nnc(CCN)o2)c(Br)cc1Br. The van der Waals surface area contributed by atoms with Crippen LogP contribution in [0.5, 0.6) is 5.75 Å². The third-order valence-electron chi connectivity index (χ3n) is 2.31. The summed E-state index contributed by atoms with van der Waals surface area (Å²) in [5.74, 6) is 1.21. The number of ether oxygens (including phenoxy) is 1. The third-order valence-corrected chi connectivity index (χ3v) is 3.58. The van der Waals surface area contributed by atoms with Crippen molar-refractivity contribution in [3.63, 3.8) is 0 Å². The predicted molar refractivity (Wildman–Crippen MR) is 78.7 cm³/mol. The molecule has 1 heterocycles. The molecule has 0 unspecified atom stereocenters. The first-order chi connectivity index (χ1) is 9.13. The minimum absolute atomic E-state index is 0.313. The van der Waals surface area contributed by atoms with Crippen molar-refractivity contribution in [3.05, 3.63) is 27.0 Å². The van der Waals surface area contributed by atoms with Gasteiger partial charge in [-0.3, -0.25) is 0 Å². The maximum Gasteiger partial charge on any atom is 0.320 e. The van der Waals surface area contributed by atoms with Crippen LogP contribution in [0.4, 0.5) is 11.7 Å². The van der Waals surface area contributed by atoms with Crippen molar-refractivity contribution in [1.82, 2.24) is 10.2 Å². The van der Waals surface area contributed by atoms with Gasteiger partial charge in [0.2, 0.25) is 5.89 Å². The van der Waals surface area contributed by atoms with Crippen LogP contribution >= 0.6 is 31.9 Å². The molecule has 0 aliphatic rings. The van der Waals surface area contributed by atoms with Gasteiger partial charge in [-0.25, -0.2) is 0 Å². The normalized spacial score (nSPS) is 10.5. The van der Waals surface area contributed by atoms with Gasteiger partial charge in [0.15, 0.2) is 0 Å². The summed E-state index contributed by atoms with van der Waals surface area (Å²) in [6.45, 7) is 0.470. The van der Waals surface area contributed by atoms with E-state index in [4.69, 9.17) is 14.9 Å². The molecule has 0 aliphatic carbocycles. The molecule has 0 fully saturated rings. The fraction of sp³-hybridized carbons (Fsp3) is 0.273. The number of nitrogens with two attached hydrogens (primary N) is 1. The Morgan fingerprint density at radius 3 is 2.79 bits per heavy atom. The van der Waals surface area contributed by atoms with Gasteiger partial charge < -0.3 is 20.2 Å². The zero-order valence-corrected chi connectivity index (χ0v) is 13.3. The van der Waals surface area contributed by atoms with Crippen LogP contribution in [0.2, 0.25) is 0 Å². The number of nitrogens with zero attached hydrogens (tertiary/aromatic N) is 2. The zero-order chi connectivity index (χ0) is 13.8. The van der Waals surface area contributed by atoms with E-state index in [0.29, 0.717) is 30.6 Å². The lowest BCUT2D eigenvalue weighted by atomic mass is 10.3. The number of benzene rings is 1. The lowest BCUT2D eigenvalue weighted by Crippen LogP contribution is -2.02. The lowest BCUT2D eigenvalue weighted by molar-refractivity contribution is 0.412. The van der Waals surface area contributed by atoms with E-state index in [1.54, 1.807) is 7.11 Å². The quantitative estimate of drug-likeness (QED) is 0.814. The second-order valence-corrected chi connectivity index (χ2v) is 5.34. The molecule has 8 heteroatoms. The monoisotopic (exact) mass is 390 g/mol. The van der Waals surface area contributed by atoms with Crippen LogP contribution in [0.3, 0.4) is 0 Å². The first-order valence-corrected chi connectivity index (χ1v) is 7.05. The van der Waals surface area contributed by atoms with Gasteiger partial charge in [0.05, 0.1) is 17.3 Å². The van der Waals surface area contributed by atoms with Gasteiger partial charge in [-0.05, 0) is 37.9 Å². The lowest BCUT2D eigenvalue weighted by Gasteiger charge is -2.09. The first-order valence-electron chi connectivity index (χ1n) is 5.46. The van der Waals surface area contributed by atoms with Crippen LogP contribution in [0, 0.1) is 0 Å². The summed E-state index contributed by atoms with van der Waals surface area (Å²) < 4.78 is 12.3. The van der Waals surface area contributed by atoms with Crippen LogP contribution in [-0.2, 0) is 6.42 Å². The van der Waals surface area contributed by atoms with E-state index in [1.165, 1.54) is 0 Å². The van der Waals surface area contributed by atoms with Crippen molar-refractivity contribution in [2.75, 3.05) is 19.0 Å². The van der Waals surface area contributed by atoms with Gasteiger partial charge in [-0.15, -0.1) is 5.10 Å². The molecule has 0 aliphatic heterocycles. The minimum atomic E-state index is 0.313. The molecule has 2 rings (SSSR count). The highest BCUT2D eigenvalue weighted by Crippen LogP contribution is 2.35. The average Bonchev–Trinajstić information content (AvgIpc) is 2.81. The van der Waals surface area contributed by atoms with Gasteiger partial charge in [0, 0.05) is 23.5 Å². The molecule has 1 aromatic carbocycles. The van der Waals surface area contributed by atoms with Gasteiger partial charge in [-0.2, -0.15) is 0 Å². The third kappa shape index (κ3) is 3.46. The largest absolute Gasteiger partial charge is 0.495 e. The summed E-state index contributed by atoms with van der Waals surface area (Å²) in [6, 6.07) is 4.01. The molecule has 2 aromatic rings. The molecule has 0 amide bonds. The van der Waals surface area contributed by atoms with Crippen LogP contribution in [0.15, 0.2) is 25.5 Å². The maximum absolute atomic E-state index is 5.42. The van der Waals surface area contributed by atoms with Crippen LogP contribution < -0.4 is 15.8 Å². The number of rotatable bonds is 5. The van der Waals surface area contributed by atoms with Gasteiger partial charge in [0.25, 0.3) is 0 Å². The molecular weight excluding hydrogens is 380 g/mol. The fourth-order valence-corrected chi connectivity index (χ4v) is 2.68. The molecule has 0 saturated carbocycles. The van der Waals surface area contributed by atoms with Gasteiger partial charge >= 0.3 is 6.01 Å². The number of methoxy groups -OCH3 is 1. The molecule has 0 radical (unpaired) electrons. The number of nitrogens with one attached hydrogen (secondary N) is 1. The molecule has 0 saturated heterocycles. The highest BCUT2D eigenvalue weighted by molar-refractivity contribution is 9.11. The Hall–Kier alpha value is -1.12. The second kappa shape index (κ2) is 6.36. The second-order valence-electron chi connectivity index (χ2n) is 3.63. The predicted octanol–water partition coefficient (Wildman–Crippen LogP) is 2.85. The smallest absolute Gasteiger partial charge is 0.320 e. The van der Waals surface area contributed by atoms with E-state index >= 15 is 0 Å². The van der Waals surface area contributed by atoms with Crippen LogP contribution in [0.1, 0.15) is 5.89 Å². The molecule has 0 atom stereocenters. The fourth-order valence-electron chi connectivity index (χ4n) is 1.43. The van der Waals surface area contributed by atoms with Crippen molar-refractivity contribution in [2.24, 2.45) is 5.73 Å². The van der Waals surface area contributed by atoms with E-state index in [9.17, 15) is 0 Å². The maximum atomic E-state index is 5.42. The Morgan fingerprint density at radius 1 is 1.32 bits per heavy atom. The van der Waals surface area contributed by atoms with E-state index in [2.05, 4.69) is 47.4 Å². The molecule has 102 valence electrons. The Kier molecular flexibility index (Phi) is 4.78. The standard InChI is InChI=1S/C11H12Br2N4O2/c1-18-9-5-8(6(12)4-7(9)13)15-11-17-16-10(19-11)2-3-14/h4-5H,2-3,14H2,1H3,(H,15,17). The zero-order valence-electron chi connectivity index (χ0n) is 10.1. The molecule has 1 aromatic heterocycles. The number of hydrogen-bond donors (Lipinski definition) is 2. The Bertz CT molecular complexity index is 574. The van der Waals surface area contributed by atoms with Crippen molar-refractivity contribution in [1.29, 1.82) is 0 Å². The topological polar surface area (TPSA) is 86.2 Å². The van der Waals surface area contributed by atoms with Gasteiger partial charge in [0.1, 0.15) is 5.75 Å². The summed E-state index contributed by atoms with van der Waals surface area (Å²) in [6.07, 6.45) is 0.555. The highest BCUT2D eigenvalue weighted by Gasteiger charge is 2.11. The summed E-state index contributed by atoms with van der Waals surface area (Å²) in [5.41, 5.74) is 6.19. The van der Waals surface area contributed by atoms with E-state index in [0.717, 1.165) is 14.6 Å². The molecular formula is C11H12Br2N4O2. The van der Waals surface area contributed by atoms with Crippen molar-refractivity contribution < 1.29 is 9.15 Å². The van der Waals surface area contributed by atoms with E-state index < -0.39 is 0 Å². The molecule has 19 heavy (non-hydrogen) atoms. The first kappa shape index (κ1) is 14.3. The van der Waals surface area contributed by atoms with Crippen LogP contribution in [-0.4, -0.2) is 23.9 Å². The Morgan fingerprint density at radius 2 is 2.11 bits per heavy atom. The van der Waals surface area contributed by atoms with Crippen LogP contribution in [0.25, 0.3) is 0 Å². The van der Waals surface area contributed by atoms with Crippen molar-refractivity contribution in [2.45, 2.75) is 6.42 Å². The summed E-state index contributed by atoms with van der Waals surface area (Å²) >= 11 is 6.85. The molecule has 0 bridgehead atoms. The Balaban J connectivity index is 2.22. The summed E-state index contributed by atoms with van der Waals surface area (Å²) in [4.78, 5) is 0. The summed E-state index contributed by atoms with van der Waals surface area (Å²) in [7, 11) is 1.60. The average molecular weight is 392 g/mol. The highest BCUT2D eigenvalue weighted by atomic mass is 79.9. The number of anilines is 2.